The van der Waals surface area contributed by atoms with Crippen LogP contribution >= 0.6 is 0 Å². The molecule has 2 aliphatic rings. The lowest BCUT2D eigenvalue weighted by molar-refractivity contribution is 0.355. The van der Waals surface area contributed by atoms with Gasteiger partial charge in [-0.1, -0.05) is 165 Å². The summed E-state index contributed by atoms with van der Waals surface area (Å²) in [6.07, 6.45) is 6.08. The molecular weight excluding hydrogens is 621 g/mol. The number of fused-ring (bicyclic) bond motifs is 14. The van der Waals surface area contributed by atoms with Crippen molar-refractivity contribution in [1.82, 2.24) is 19.5 Å². The van der Waals surface area contributed by atoms with Gasteiger partial charge in [0, 0.05) is 38.1 Å². The van der Waals surface area contributed by atoms with Crippen LogP contribution in [0, 0.1) is 0 Å². The number of benzene rings is 7. The summed E-state index contributed by atoms with van der Waals surface area (Å²) in [6.45, 7) is 0. The van der Waals surface area contributed by atoms with Crippen molar-refractivity contribution in [3.8, 4) is 39.9 Å². The Hall–Kier alpha value is -6.13. The maximum atomic E-state index is 5.36. The minimum atomic E-state index is -0.0410. The zero-order chi connectivity index (χ0) is 33.5. The van der Waals surface area contributed by atoms with E-state index in [2.05, 4.69) is 114 Å². The molecule has 0 bridgehead atoms. The molecule has 0 aliphatic heterocycles. The van der Waals surface area contributed by atoms with Crippen molar-refractivity contribution in [2.75, 3.05) is 0 Å². The van der Waals surface area contributed by atoms with Crippen LogP contribution in [-0.2, 0) is 5.41 Å². The van der Waals surface area contributed by atoms with Gasteiger partial charge in [0.15, 0.2) is 11.6 Å². The van der Waals surface area contributed by atoms with Crippen molar-refractivity contribution in [1.29, 1.82) is 0 Å². The van der Waals surface area contributed by atoms with Crippen molar-refractivity contribution >= 4 is 43.4 Å². The van der Waals surface area contributed by atoms with E-state index < -0.39 is 0 Å². The van der Waals surface area contributed by atoms with Gasteiger partial charge in [0.2, 0.25) is 5.95 Å². The van der Waals surface area contributed by atoms with Crippen molar-refractivity contribution in [3.05, 3.63) is 157 Å². The third kappa shape index (κ3) is 4.05. The molecular formula is C47H34N4. The summed E-state index contributed by atoms with van der Waals surface area (Å²) >= 11 is 0. The second-order valence-electron chi connectivity index (χ2n) is 14.2. The van der Waals surface area contributed by atoms with Gasteiger partial charge in [-0.15, -0.1) is 0 Å². The van der Waals surface area contributed by atoms with E-state index in [0.717, 1.165) is 29.5 Å². The third-order valence-electron chi connectivity index (χ3n) is 11.6. The quantitative estimate of drug-likeness (QED) is 0.190. The average molecular weight is 655 g/mol. The molecule has 0 amide bonds. The molecule has 1 spiro atoms. The first-order chi connectivity index (χ1) is 25.3. The van der Waals surface area contributed by atoms with E-state index >= 15 is 0 Å². The van der Waals surface area contributed by atoms with E-state index in [0.29, 0.717) is 17.6 Å². The van der Waals surface area contributed by atoms with Gasteiger partial charge in [0.05, 0.1) is 11.0 Å². The molecule has 242 valence electrons. The first kappa shape index (κ1) is 28.7. The second kappa shape index (κ2) is 10.9. The van der Waals surface area contributed by atoms with Crippen LogP contribution in [0.2, 0.25) is 0 Å². The van der Waals surface area contributed by atoms with Crippen LogP contribution in [0.4, 0.5) is 0 Å². The van der Waals surface area contributed by atoms with E-state index in [9.17, 15) is 0 Å². The first-order valence-electron chi connectivity index (χ1n) is 18.2. The van der Waals surface area contributed by atoms with Crippen LogP contribution in [0.25, 0.3) is 83.2 Å². The monoisotopic (exact) mass is 654 g/mol. The zero-order valence-corrected chi connectivity index (χ0v) is 28.2. The molecule has 2 aromatic heterocycles. The van der Waals surface area contributed by atoms with Gasteiger partial charge < -0.3 is 0 Å². The van der Waals surface area contributed by atoms with Crippen molar-refractivity contribution < 1.29 is 0 Å². The number of rotatable bonds is 3. The summed E-state index contributed by atoms with van der Waals surface area (Å²) in [5.41, 5.74) is 10.0. The molecule has 1 fully saturated rings. The number of nitrogens with zero attached hydrogens (tertiary/aromatic N) is 4. The maximum Gasteiger partial charge on any atom is 0.238 e. The second-order valence-corrected chi connectivity index (χ2v) is 14.2. The summed E-state index contributed by atoms with van der Waals surface area (Å²) in [6, 6.07) is 52.3. The van der Waals surface area contributed by atoms with Gasteiger partial charge in [-0.25, -0.2) is 4.98 Å². The SMILES string of the molecule is c1ccc(-c2nc(-c3ccccc3)nc(-n3c4c5ccccc5ccc4c4c5c(c6ccccc6c43)-c3ccccc3C53CCCCC3)n2)cc1. The van der Waals surface area contributed by atoms with Crippen LogP contribution < -0.4 is 0 Å². The lowest BCUT2D eigenvalue weighted by Gasteiger charge is -2.36. The van der Waals surface area contributed by atoms with Crippen molar-refractivity contribution in [3.63, 3.8) is 0 Å². The summed E-state index contributed by atoms with van der Waals surface area (Å²) in [7, 11) is 0. The normalized spacial score (nSPS) is 14.8. The molecule has 4 heteroatoms. The Balaban J connectivity index is 1.38. The van der Waals surface area contributed by atoms with Crippen LogP contribution in [0.3, 0.4) is 0 Å². The first-order valence-corrected chi connectivity index (χ1v) is 18.2. The Labute approximate surface area is 296 Å². The van der Waals surface area contributed by atoms with Gasteiger partial charge in [0.1, 0.15) is 0 Å². The van der Waals surface area contributed by atoms with E-state index in [-0.39, 0.29) is 5.41 Å². The fourth-order valence-corrected chi connectivity index (χ4v) is 9.51. The lowest BCUT2D eigenvalue weighted by atomic mass is 9.66. The van der Waals surface area contributed by atoms with Crippen LogP contribution in [-0.4, -0.2) is 19.5 Å². The molecule has 0 N–H and O–H groups in total. The minimum absolute atomic E-state index is 0.0410. The fourth-order valence-electron chi connectivity index (χ4n) is 9.51. The van der Waals surface area contributed by atoms with E-state index in [1.807, 2.05) is 36.4 Å². The highest BCUT2D eigenvalue weighted by Crippen LogP contribution is 2.61. The van der Waals surface area contributed by atoms with Gasteiger partial charge in [-0.3, -0.25) is 4.57 Å². The van der Waals surface area contributed by atoms with Crippen LogP contribution in [0.1, 0.15) is 43.2 Å². The Bertz CT molecular complexity index is 2770. The van der Waals surface area contributed by atoms with Gasteiger partial charge in [-0.05, 0) is 45.9 Å². The molecule has 0 atom stereocenters. The van der Waals surface area contributed by atoms with E-state index in [1.165, 1.54) is 79.4 Å². The highest BCUT2D eigenvalue weighted by Gasteiger charge is 2.46. The Kier molecular flexibility index (Phi) is 6.15. The van der Waals surface area contributed by atoms with Gasteiger partial charge in [-0.2, -0.15) is 9.97 Å². The predicted octanol–water partition coefficient (Wildman–Crippen LogP) is 11.8. The fraction of sp³-hybridized carbons (Fsp3) is 0.128. The van der Waals surface area contributed by atoms with Crippen LogP contribution in [0.5, 0.6) is 0 Å². The molecule has 1 saturated carbocycles. The highest BCUT2D eigenvalue weighted by molar-refractivity contribution is 6.28. The highest BCUT2D eigenvalue weighted by atomic mass is 15.2. The molecule has 0 radical (unpaired) electrons. The molecule has 4 nitrogen and oxygen atoms in total. The third-order valence-corrected chi connectivity index (χ3v) is 11.6. The maximum absolute atomic E-state index is 5.36. The standard InChI is InChI=1S/C47H34N4/c1-4-17-31(18-5-1)44-48-45(32-19-6-2-7-20-32)50-46(49-44)51-42-33-21-9-8-16-30(33)26-27-37(42)40-41-39(34-22-10-11-23-35(34)43(40)51)36-24-12-13-25-38(36)47(41)28-14-3-15-29-47/h1-2,4-13,16-27H,3,14-15,28-29H2. The summed E-state index contributed by atoms with van der Waals surface area (Å²) < 4.78 is 2.38. The molecule has 0 unspecified atom stereocenters. The molecule has 2 heterocycles. The molecule has 9 aromatic rings. The summed E-state index contributed by atoms with van der Waals surface area (Å²) in [4.78, 5) is 15.8. The number of aromatic nitrogens is 4. The largest absolute Gasteiger partial charge is 0.277 e. The minimum Gasteiger partial charge on any atom is -0.277 e. The smallest absolute Gasteiger partial charge is 0.238 e. The molecule has 0 saturated heterocycles. The zero-order valence-electron chi connectivity index (χ0n) is 28.2. The van der Waals surface area contributed by atoms with Crippen LogP contribution in [0.15, 0.2) is 146 Å². The Morgan fingerprint density at radius 3 is 1.80 bits per heavy atom. The molecule has 51 heavy (non-hydrogen) atoms. The molecule has 7 aromatic carbocycles. The van der Waals surface area contributed by atoms with E-state index in [1.54, 1.807) is 0 Å². The van der Waals surface area contributed by atoms with Gasteiger partial charge >= 0.3 is 0 Å². The topological polar surface area (TPSA) is 43.6 Å². The number of hydrogen-bond donors (Lipinski definition) is 0. The molecule has 11 rings (SSSR count). The van der Waals surface area contributed by atoms with Crippen molar-refractivity contribution in [2.45, 2.75) is 37.5 Å². The predicted molar refractivity (Wildman–Crippen MR) is 209 cm³/mol. The average Bonchev–Trinajstić information content (AvgIpc) is 3.70. The van der Waals surface area contributed by atoms with Gasteiger partial charge in [0.25, 0.3) is 0 Å². The number of hydrogen-bond acceptors (Lipinski definition) is 3. The Morgan fingerprint density at radius 2 is 1.08 bits per heavy atom. The molecule has 2 aliphatic carbocycles. The summed E-state index contributed by atoms with van der Waals surface area (Å²) in [5.74, 6) is 1.96. The summed E-state index contributed by atoms with van der Waals surface area (Å²) in [5, 5.41) is 7.50. The lowest BCUT2D eigenvalue weighted by Crippen LogP contribution is -2.28. The Morgan fingerprint density at radius 1 is 0.471 bits per heavy atom. The van der Waals surface area contributed by atoms with Crippen molar-refractivity contribution in [2.24, 2.45) is 0 Å². The van der Waals surface area contributed by atoms with E-state index in [4.69, 9.17) is 15.0 Å².